The highest BCUT2D eigenvalue weighted by atomic mass is 79.9. The summed E-state index contributed by atoms with van der Waals surface area (Å²) in [4.78, 5) is 27.5. The van der Waals surface area contributed by atoms with Gasteiger partial charge in [0.15, 0.2) is 5.69 Å². The average molecular weight is 467 g/mol. The molecule has 1 N–H and O–H groups in total. The largest absolute Gasteiger partial charge is 0.347 e. The number of aryl methyl sites for hydroxylation is 2. The SMILES string of the molecule is Cc1cccc(CN2CCCn3nc(C(=O)NCc4cccc(Br)c4)cc3C2=O)c1. The Morgan fingerprint density at radius 2 is 1.90 bits per heavy atom. The van der Waals surface area contributed by atoms with Crippen molar-refractivity contribution in [2.75, 3.05) is 6.54 Å². The molecular weight excluding hydrogens is 444 g/mol. The smallest absolute Gasteiger partial charge is 0.272 e. The van der Waals surface area contributed by atoms with Gasteiger partial charge in [-0.2, -0.15) is 5.10 Å². The number of carbonyl (C=O) groups is 2. The molecule has 1 aliphatic rings. The molecule has 0 bridgehead atoms. The lowest BCUT2D eigenvalue weighted by Gasteiger charge is -2.20. The molecule has 7 heteroatoms. The normalized spacial score (nSPS) is 13.7. The molecule has 1 aromatic heterocycles. The number of halogens is 1. The van der Waals surface area contributed by atoms with E-state index in [-0.39, 0.29) is 17.5 Å². The van der Waals surface area contributed by atoms with E-state index >= 15 is 0 Å². The number of benzene rings is 2. The van der Waals surface area contributed by atoms with Crippen molar-refractivity contribution in [3.63, 3.8) is 0 Å². The van der Waals surface area contributed by atoms with E-state index < -0.39 is 0 Å². The van der Waals surface area contributed by atoms with E-state index in [0.29, 0.717) is 31.9 Å². The minimum absolute atomic E-state index is 0.0902. The number of rotatable bonds is 5. The first-order valence-corrected chi connectivity index (χ1v) is 10.7. The van der Waals surface area contributed by atoms with E-state index in [9.17, 15) is 9.59 Å². The molecule has 0 spiro atoms. The molecule has 0 radical (unpaired) electrons. The number of carbonyl (C=O) groups excluding carboxylic acids is 2. The van der Waals surface area contributed by atoms with E-state index in [2.05, 4.69) is 32.4 Å². The molecule has 4 rings (SSSR count). The molecular formula is C23H23BrN4O2. The molecule has 2 amide bonds. The summed E-state index contributed by atoms with van der Waals surface area (Å²) in [6, 6.07) is 17.5. The van der Waals surface area contributed by atoms with Crippen LogP contribution in [0.2, 0.25) is 0 Å². The van der Waals surface area contributed by atoms with Crippen molar-refractivity contribution >= 4 is 27.7 Å². The van der Waals surface area contributed by atoms with Crippen LogP contribution >= 0.6 is 15.9 Å². The summed E-state index contributed by atoms with van der Waals surface area (Å²) in [5.74, 6) is -0.374. The van der Waals surface area contributed by atoms with Crippen LogP contribution in [0.25, 0.3) is 0 Å². The minimum Gasteiger partial charge on any atom is -0.347 e. The molecule has 1 aliphatic heterocycles. The van der Waals surface area contributed by atoms with E-state index in [1.54, 1.807) is 10.7 Å². The van der Waals surface area contributed by atoms with Crippen molar-refractivity contribution in [2.24, 2.45) is 0 Å². The predicted octanol–water partition coefficient (Wildman–Crippen LogP) is 3.93. The molecule has 2 heterocycles. The average Bonchev–Trinajstić information content (AvgIpc) is 3.09. The first-order valence-electron chi connectivity index (χ1n) is 9.95. The van der Waals surface area contributed by atoms with Crippen molar-refractivity contribution < 1.29 is 9.59 Å². The maximum atomic E-state index is 13.1. The van der Waals surface area contributed by atoms with Crippen LogP contribution in [0.5, 0.6) is 0 Å². The van der Waals surface area contributed by atoms with Crippen molar-refractivity contribution in [2.45, 2.75) is 33.0 Å². The van der Waals surface area contributed by atoms with Gasteiger partial charge >= 0.3 is 0 Å². The lowest BCUT2D eigenvalue weighted by atomic mass is 10.1. The fourth-order valence-electron chi connectivity index (χ4n) is 3.65. The zero-order valence-corrected chi connectivity index (χ0v) is 18.4. The third kappa shape index (κ3) is 4.62. The highest BCUT2D eigenvalue weighted by Gasteiger charge is 2.26. The Kier molecular flexibility index (Phi) is 5.99. The summed E-state index contributed by atoms with van der Waals surface area (Å²) < 4.78 is 2.62. The molecule has 0 fully saturated rings. The Labute approximate surface area is 184 Å². The quantitative estimate of drug-likeness (QED) is 0.619. The van der Waals surface area contributed by atoms with Gasteiger partial charge in [-0.25, -0.2) is 0 Å². The van der Waals surface area contributed by atoms with Crippen LogP contribution in [0, 0.1) is 6.92 Å². The number of aromatic nitrogens is 2. The third-order valence-electron chi connectivity index (χ3n) is 5.11. The molecule has 30 heavy (non-hydrogen) atoms. The molecule has 0 saturated heterocycles. The van der Waals surface area contributed by atoms with Crippen LogP contribution in [0.15, 0.2) is 59.1 Å². The third-order valence-corrected chi connectivity index (χ3v) is 5.61. The molecule has 6 nitrogen and oxygen atoms in total. The monoisotopic (exact) mass is 466 g/mol. The minimum atomic E-state index is -0.284. The van der Waals surface area contributed by atoms with Crippen LogP contribution in [-0.2, 0) is 19.6 Å². The Morgan fingerprint density at radius 1 is 1.10 bits per heavy atom. The standard InChI is InChI=1S/C23H23BrN4O2/c1-16-5-2-7-18(11-16)15-27-9-4-10-28-21(23(27)30)13-20(26-28)22(29)25-14-17-6-3-8-19(24)12-17/h2-3,5-8,11-13H,4,9-10,14-15H2,1H3,(H,25,29). The summed E-state index contributed by atoms with van der Waals surface area (Å²) in [5, 5.41) is 7.27. The van der Waals surface area contributed by atoms with Gasteiger partial charge in [-0.3, -0.25) is 14.3 Å². The van der Waals surface area contributed by atoms with Gasteiger partial charge in [-0.1, -0.05) is 57.9 Å². The fraction of sp³-hybridized carbons (Fsp3) is 0.261. The number of fused-ring (bicyclic) bond motifs is 1. The second-order valence-corrected chi connectivity index (χ2v) is 8.44. The number of hydrogen-bond acceptors (Lipinski definition) is 3. The number of nitrogens with zero attached hydrogens (tertiary/aromatic N) is 3. The summed E-state index contributed by atoms with van der Waals surface area (Å²) in [6.07, 6.45) is 0.797. The zero-order valence-electron chi connectivity index (χ0n) is 16.8. The zero-order chi connectivity index (χ0) is 21.1. The topological polar surface area (TPSA) is 67.2 Å². The fourth-order valence-corrected chi connectivity index (χ4v) is 4.09. The summed E-state index contributed by atoms with van der Waals surface area (Å²) >= 11 is 3.43. The highest BCUT2D eigenvalue weighted by molar-refractivity contribution is 9.10. The maximum absolute atomic E-state index is 13.1. The van der Waals surface area contributed by atoms with Gasteiger partial charge in [-0.15, -0.1) is 0 Å². The van der Waals surface area contributed by atoms with Crippen LogP contribution < -0.4 is 5.32 Å². The molecule has 2 aromatic carbocycles. The number of hydrogen-bond donors (Lipinski definition) is 1. The van der Waals surface area contributed by atoms with Crippen molar-refractivity contribution in [3.05, 3.63) is 87.1 Å². The van der Waals surface area contributed by atoms with E-state index in [4.69, 9.17) is 0 Å². The van der Waals surface area contributed by atoms with Gasteiger partial charge in [0.05, 0.1) is 0 Å². The Hall–Kier alpha value is -2.93. The Balaban J connectivity index is 1.47. The van der Waals surface area contributed by atoms with Crippen molar-refractivity contribution in [1.82, 2.24) is 20.0 Å². The summed E-state index contributed by atoms with van der Waals surface area (Å²) in [5.41, 5.74) is 3.99. The Bertz CT molecular complexity index is 1090. The molecule has 154 valence electrons. The Morgan fingerprint density at radius 3 is 2.70 bits per heavy atom. The van der Waals surface area contributed by atoms with Gasteiger partial charge in [0.25, 0.3) is 11.8 Å². The van der Waals surface area contributed by atoms with Gasteiger partial charge in [0.2, 0.25) is 0 Å². The molecule has 0 atom stereocenters. The predicted molar refractivity (Wildman–Crippen MR) is 118 cm³/mol. The van der Waals surface area contributed by atoms with Gasteiger partial charge in [0.1, 0.15) is 5.69 Å². The van der Waals surface area contributed by atoms with Crippen molar-refractivity contribution in [1.29, 1.82) is 0 Å². The van der Waals surface area contributed by atoms with Crippen LogP contribution in [0.1, 0.15) is 44.1 Å². The van der Waals surface area contributed by atoms with Crippen LogP contribution in [-0.4, -0.2) is 33.0 Å². The summed E-state index contributed by atoms with van der Waals surface area (Å²) in [7, 11) is 0. The molecule has 0 unspecified atom stereocenters. The van der Waals surface area contributed by atoms with Gasteiger partial charge in [-0.05, 0) is 36.6 Å². The van der Waals surface area contributed by atoms with E-state index in [1.165, 1.54) is 5.56 Å². The van der Waals surface area contributed by atoms with Gasteiger partial charge < -0.3 is 10.2 Å². The number of nitrogens with one attached hydrogen (secondary N) is 1. The van der Waals surface area contributed by atoms with Crippen molar-refractivity contribution in [3.8, 4) is 0 Å². The lowest BCUT2D eigenvalue weighted by Crippen LogP contribution is -2.30. The highest BCUT2D eigenvalue weighted by Crippen LogP contribution is 2.17. The van der Waals surface area contributed by atoms with E-state index in [1.807, 2.05) is 54.3 Å². The molecule has 0 aliphatic carbocycles. The van der Waals surface area contributed by atoms with E-state index in [0.717, 1.165) is 22.0 Å². The van der Waals surface area contributed by atoms with Crippen LogP contribution in [0.3, 0.4) is 0 Å². The first-order chi connectivity index (χ1) is 14.5. The second kappa shape index (κ2) is 8.83. The lowest BCUT2D eigenvalue weighted by molar-refractivity contribution is 0.0745. The maximum Gasteiger partial charge on any atom is 0.272 e. The molecule has 3 aromatic rings. The summed E-state index contributed by atoms with van der Waals surface area (Å²) in [6.45, 7) is 4.27. The number of amides is 2. The second-order valence-electron chi connectivity index (χ2n) is 7.52. The first kappa shape index (κ1) is 20.3. The van der Waals surface area contributed by atoms with Crippen LogP contribution in [0.4, 0.5) is 0 Å². The molecule has 0 saturated carbocycles. The van der Waals surface area contributed by atoms with Gasteiger partial charge in [0, 0.05) is 36.7 Å².